The number of pyridine rings is 1. The molecule has 0 aromatic carbocycles. The molecule has 13 heavy (non-hydrogen) atoms. The number of nitrogens with one attached hydrogen (secondary N) is 1. The molecule has 66 valence electrons. The largest absolute Gasteiger partial charge is 0.351 e. The van der Waals surface area contributed by atoms with Crippen molar-refractivity contribution in [3.05, 3.63) is 30.1 Å². The summed E-state index contributed by atoms with van der Waals surface area (Å²) in [7, 11) is 0. The van der Waals surface area contributed by atoms with E-state index in [4.69, 9.17) is 0 Å². The first kappa shape index (κ1) is 7.98. The third-order valence-electron chi connectivity index (χ3n) is 2.01. The average molecular weight is 174 g/mol. The van der Waals surface area contributed by atoms with Gasteiger partial charge in [-0.15, -0.1) is 0 Å². The highest BCUT2D eigenvalue weighted by atomic mass is 16.1. The molecule has 0 fully saturated rings. The lowest BCUT2D eigenvalue weighted by molar-refractivity contribution is 0.0984. The minimum Gasteiger partial charge on any atom is -0.351 e. The van der Waals surface area contributed by atoms with Gasteiger partial charge >= 0.3 is 0 Å². The number of fused-ring (bicyclic) bond motifs is 1. The number of Topliss-reactive ketones (excluding diaryl/α,β-unsaturated/α-hetero) is 1. The van der Waals surface area contributed by atoms with Crippen LogP contribution in [0.1, 0.15) is 23.8 Å². The third kappa shape index (κ3) is 1.33. The van der Waals surface area contributed by atoms with Gasteiger partial charge in [-0.3, -0.25) is 9.78 Å². The normalized spacial score (nSPS) is 10.5. The van der Waals surface area contributed by atoms with Crippen LogP contribution in [0, 0.1) is 0 Å². The molecule has 0 aliphatic heterocycles. The van der Waals surface area contributed by atoms with Gasteiger partial charge in [0.1, 0.15) is 0 Å². The van der Waals surface area contributed by atoms with Crippen molar-refractivity contribution in [3.63, 3.8) is 0 Å². The van der Waals surface area contributed by atoms with E-state index in [-0.39, 0.29) is 5.78 Å². The lowest BCUT2D eigenvalue weighted by Crippen LogP contribution is -1.95. The van der Waals surface area contributed by atoms with E-state index in [0.717, 1.165) is 11.0 Å². The molecule has 0 aliphatic rings. The molecule has 2 aromatic rings. The van der Waals surface area contributed by atoms with Crippen molar-refractivity contribution in [2.45, 2.75) is 13.3 Å². The predicted molar refractivity (Wildman–Crippen MR) is 50.7 cm³/mol. The van der Waals surface area contributed by atoms with Crippen LogP contribution in [-0.2, 0) is 0 Å². The summed E-state index contributed by atoms with van der Waals surface area (Å²) in [6, 6.07) is 5.55. The number of hydrogen-bond donors (Lipinski definition) is 1. The summed E-state index contributed by atoms with van der Waals surface area (Å²) in [6.07, 6.45) is 2.24. The van der Waals surface area contributed by atoms with E-state index in [9.17, 15) is 4.79 Å². The fourth-order valence-corrected chi connectivity index (χ4v) is 1.30. The molecule has 2 aromatic heterocycles. The van der Waals surface area contributed by atoms with Crippen LogP contribution >= 0.6 is 0 Å². The fraction of sp³-hybridized carbons (Fsp3) is 0.200. The number of hydrogen-bond acceptors (Lipinski definition) is 2. The van der Waals surface area contributed by atoms with E-state index >= 15 is 0 Å². The van der Waals surface area contributed by atoms with Crippen LogP contribution in [0.5, 0.6) is 0 Å². The summed E-state index contributed by atoms with van der Waals surface area (Å²) >= 11 is 0. The number of nitrogens with zero attached hydrogens (tertiary/aromatic N) is 1. The van der Waals surface area contributed by atoms with Gasteiger partial charge in [-0.05, 0) is 18.2 Å². The quantitative estimate of drug-likeness (QED) is 0.709. The van der Waals surface area contributed by atoms with Crippen LogP contribution in [0.15, 0.2) is 24.4 Å². The maximum atomic E-state index is 11.3. The molecule has 0 unspecified atom stereocenters. The molecular formula is C10H10N2O. The van der Waals surface area contributed by atoms with Crippen LogP contribution in [0.4, 0.5) is 0 Å². The van der Waals surface area contributed by atoms with Crippen molar-refractivity contribution in [1.29, 1.82) is 0 Å². The van der Waals surface area contributed by atoms with Crippen molar-refractivity contribution in [2.24, 2.45) is 0 Å². The van der Waals surface area contributed by atoms with E-state index in [1.54, 1.807) is 12.3 Å². The van der Waals surface area contributed by atoms with Gasteiger partial charge in [-0.2, -0.15) is 0 Å². The van der Waals surface area contributed by atoms with E-state index in [0.29, 0.717) is 12.1 Å². The van der Waals surface area contributed by atoms with Crippen LogP contribution in [-0.4, -0.2) is 15.8 Å². The van der Waals surface area contributed by atoms with Gasteiger partial charge in [0, 0.05) is 12.6 Å². The maximum absolute atomic E-state index is 11.3. The smallest absolute Gasteiger partial charge is 0.178 e. The van der Waals surface area contributed by atoms with Crippen LogP contribution < -0.4 is 0 Å². The summed E-state index contributed by atoms with van der Waals surface area (Å²) in [6.45, 7) is 1.85. The second-order valence-corrected chi connectivity index (χ2v) is 2.90. The maximum Gasteiger partial charge on any atom is 0.178 e. The molecule has 3 nitrogen and oxygen atoms in total. The number of H-pyrrole nitrogens is 1. The van der Waals surface area contributed by atoms with Crippen molar-refractivity contribution in [1.82, 2.24) is 9.97 Å². The standard InChI is InChI=1S/C10H10N2O/c1-2-10(13)9-6-8-7(12-9)4-3-5-11-8/h3-6,12H,2H2,1H3. The first-order chi connectivity index (χ1) is 6.31. The summed E-state index contributed by atoms with van der Waals surface area (Å²) in [5.41, 5.74) is 2.41. The monoisotopic (exact) mass is 174 g/mol. The molecule has 2 rings (SSSR count). The molecule has 2 heterocycles. The number of ketones is 1. The van der Waals surface area contributed by atoms with Crippen LogP contribution in [0.25, 0.3) is 11.0 Å². The number of aromatic nitrogens is 2. The SMILES string of the molecule is CCC(=O)c1cc2ncccc2[nH]1. The average Bonchev–Trinajstić information content (AvgIpc) is 2.59. The van der Waals surface area contributed by atoms with Gasteiger partial charge in [0.25, 0.3) is 0 Å². The first-order valence-electron chi connectivity index (χ1n) is 4.28. The minimum absolute atomic E-state index is 0.123. The minimum atomic E-state index is 0.123. The van der Waals surface area contributed by atoms with Gasteiger partial charge in [-0.25, -0.2) is 0 Å². The van der Waals surface area contributed by atoms with Gasteiger partial charge in [0.15, 0.2) is 5.78 Å². The Bertz CT molecular complexity index is 412. The molecule has 0 amide bonds. The van der Waals surface area contributed by atoms with E-state index in [1.165, 1.54) is 0 Å². The molecule has 0 saturated carbocycles. The molecule has 3 heteroatoms. The fourth-order valence-electron chi connectivity index (χ4n) is 1.30. The molecule has 0 spiro atoms. The summed E-state index contributed by atoms with van der Waals surface area (Å²) in [5, 5.41) is 0. The zero-order valence-electron chi connectivity index (χ0n) is 7.37. The lowest BCUT2D eigenvalue weighted by Gasteiger charge is -1.88. The molecule has 0 aliphatic carbocycles. The second-order valence-electron chi connectivity index (χ2n) is 2.90. The van der Waals surface area contributed by atoms with Crippen LogP contribution in [0.2, 0.25) is 0 Å². The van der Waals surface area contributed by atoms with Crippen molar-refractivity contribution in [3.8, 4) is 0 Å². The summed E-state index contributed by atoms with van der Waals surface area (Å²) in [5.74, 6) is 0.123. The van der Waals surface area contributed by atoms with E-state index in [1.807, 2.05) is 19.1 Å². The zero-order chi connectivity index (χ0) is 9.26. The Hall–Kier alpha value is -1.64. The van der Waals surface area contributed by atoms with Gasteiger partial charge in [0.05, 0.1) is 16.7 Å². The van der Waals surface area contributed by atoms with Crippen molar-refractivity contribution >= 4 is 16.8 Å². The Labute approximate surface area is 75.8 Å². The Balaban J connectivity index is 2.56. The predicted octanol–water partition coefficient (Wildman–Crippen LogP) is 2.16. The highest BCUT2D eigenvalue weighted by molar-refractivity contribution is 5.98. The van der Waals surface area contributed by atoms with E-state index < -0.39 is 0 Å². The highest BCUT2D eigenvalue weighted by Crippen LogP contribution is 2.12. The molecule has 0 saturated heterocycles. The Morgan fingerprint density at radius 1 is 1.62 bits per heavy atom. The van der Waals surface area contributed by atoms with Gasteiger partial charge in [0.2, 0.25) is 0 Å². The third-order valence-corrected chi connectivity index (χ3v) is 2.01. The number of carbonyl (C=O) groups is 1. The molecule has 0 radical (unpaired) electrons. The Morgan fingerprint density at radius 3 is 3.15 bits per heavy atom. The molecule has 1 N–H and O–H groups in total. The Morgan fingerprint density at radius 2 is 2.46 bits per heavy atom. The van der Waals surface area contributed by atoms with Crippen molar-refractivity contribution < 1.29 is 4.79 Å². The number of aromatic amines is 1. The molecule has 0 atom stereocenters. The van der Waals surface area contributed by atoms with Gasteiger partial charge < -0.3 is 4.98 Å². The first-order valence-corrected chi connectivity index (χ1v) is 4.28. The zero-order valence-corrected chi connectivity index (χ0v) is 7.37. The summed E-state index contributed by atoms with van der Waals surface area (Å²) < 4.78 is 0. The van der Waals surface area contributed by atoms with E-state index in [2.05, 4.69) is 9.97 Å². The van der Waals surface area contributed by atoms with Crippen LogP contribution in [0.3, 0.4) is 0 Å². The topological polar surface area (TPSA) is 45.8 Å². The molecule has 0 bridgehead atoms. The number of carbonyl (C=O) groups excluding carboxylic acids is 1. The number of rotatable bonds is 2. The highest BCUT2D eigenvalue weighted by Gasteiger charge is 2.06. The Kier molecular flexibility index (Phi) is 1.85. The lowest BCUT2D eigenvalue weighted by atomic mass is 10.2. The van der Waals surface area contributed by atoms with Crippen molar-refractivity contribution in [2.75, 3.05) is 0 Å². The second kappa shape index (κ2) is 3.01. The van der Waals surface area contributed by atoms with Gasteiger partial charge in [-0.1, -0.05) is 6.92 Å². The summed E-state index contributed by atoms with van der Waals surface area (Å²) in [4.78, 5) is 18.5. The molecular weight excluding hydrogens is 164 g/mol.